The highest BCUT2D eigenvalue weighted by Crippen LogP contribution is 2.58. The van der Waals surface area contributed by atoms with Gasteiger partial charge in [0.15, 0.2) is 0 Å². The number of carbonyl (C=O) groups is 2. The summed E-state index contributed by atoms with van der Waals surface area (Å²) >= 11 is 40.2. The molecule has 2 heterocycles. The quantitative estimate of drug-likeness (QED) is 0.136. The van der Waals surface area contributed by atoms with Crippen molar-refractivity contribution in [1.82, 2.24) is 4.90 Å². The van der Waals surface area contributed by atoms with Crippen LogP contribution >= 0.6 is 97.3 Å². The van der Waals surface area contributed by atoms with Crippen molar-refractivity contribution in [3.8, 4) is 0 Å². The monoisotopic (exact) mass is 614 g/mol. The smallest absolute Gasteiger partial charge is 0.330 e. The van der Waals surface area contributed by atoms with Crippen LogP contribution in [0.3, 0.4) is 0 Å². The number of amides is 1. The van der Waals surface area contributed by atoms with Crippen LogP contribution in [0.5, 0.6) is 0 Å². The molecule has 2 aliphatic heterocycles. The van der Waals surface area contributed by atoms with Crippen molar-refractivity contribution >= 4 is 114 Å². The number of alkyl halides is 4. The van der Waals surface area contributed by atoms with Crippen molar-refractivity contribution in [3.05, 3.63) is 33.8 Å². The SMILES string of the molecule is CC1(C)S[C@H]2N(C(=O)C2(Br)N=C(Cl)c2ccc(Cl)cc2Cl)[C@H]1C(=O)OCC(Cl)(Cl)Cl. The first kappa shape index (κ1) is 25.0. The topological polar surface area (TPSA) is 59.0 Å². The lowest BCUT2D eigenvalue weighted by molar-refractivity contribution is -0.163. The number of benzene rings is 1. The molecule has 0 radical (unpaired) electrons. The Kier molecular flexibility index (Phi) is 7.21. The number of β-lactam (4-membered cyclic amide) rings is 1. The van der Waals surface area contributed by atoms with Crippen LogP contribution in [-0.2, 0) is 14.3 Å². The highest BCUT2D eigenvalue weighted by molar-refractivity contribution is 9.10. The molecule has 1 unspecified atom stereocenters. The average Bonchev–Trinajstić information content (AvgIpc) is 2.88. The van der Waals surface area contributed by atoms with Crippen molar-refractivity contribution in [2.24, 2.45) is 4.99 Å². The van der Waals surface area contributed by atoms with Gasteiger partial charge in [0.1, 0.15) is 23.2 Å². The molecular formula is C17H13BrCl6N2O3S. The molecule has 0 saturated carbocycles. The number of hydrogen-bond donors (Lipinski definition) is 0. The lowest BCUT2D eigenvalue weighted by Crippen LogP contribution is -2.70. The van der Waals surface area contributed by atoms with Crippen molar-refractivity contribution in [3.63, 3.8) is 0 Å². The Morgan fingerprint density at radius 3 is 2.53 bits per heavy atom. The molecule has 0 aliphatic carbocycles. The average molecular weight is 618 g/mol. The maximum Gasteiger partial charge on any atom is 0.330 e. The second kappa shape index (κ2) is 8.64. The zero-order chi connectivity index (χ0) is 22.6. The van der Waals surface area contributed by atoms with Gasteiger partial charge >= 0.3 is 5.97 Å². The summed E-state index contributed by atoms with van der Waals surface area (Å²) in [5.41, 5.74) is 0.425. The number of hydrogen-bond acceptors (Lipinski definition) is 5. The van der Waals surface area contributed by atoms with E-state index in [4.69, 9.17) is 74.3 Å². The molecule has 164 valence electrons. The van der Waals surface area contributed by atoms with Gasteiger partial charge in [-0.15, -0.1) is 11.8 Å². The summed E-state index contributed by atoms with van der Waals surface area (Å²) < 4.78 is 1.33. The van der Waals surface area contributed by atoms with Gasteiger partial charge in [-0.25, -0.2) is 9.79 Å². The minimum Gasteiger partial charge on any atom is -0.460 e. The van der Waals surface area contributed by atoms with Crippen LogP contribution in [0, 0.1) is 0 Å². The molecule has 5 nitrogen and oxygen atoms in total. The molecule has 2 aliphatic rings. The van der Waals surface area contributed by atoms with Crippen LogP contribution in [0.1, 0.15) is 19.4 Å². The minimum absolute atomic E-state index is 0.0298. The minimum atomic E-state index is -1.75. The second-order valence-corrected chi connectivity index (χ2v) is 13.8. The standard InChI is InChI=1S/C17H13BrCl6N2O3S/c1-15(2)10(12(27)29-6-16(22,23)24)26-13(28)17(18,14(26)30-15)25-11(21)8-4-3-7(19)5-9(8)20/h3-5,10,14H,6H2,1-2H3/t10-,14+,17?/m0/s1. The number of rotatable bonds is 4. The van der Waals surface area contributed by atoms with E-state index in [0.717, 1.165) is 0 Å². The Morgan fingerprint density at radius 2 is 1.97 bits per heavy atom. The van der Waals surface area contributed by atoms with Crippen molar-refractivity contribution in [1.29, 1.82) is 0 Å². The van der Waals surface area contributed by atoms with Gasteiger partial charge < -0.3 is 9.64 Å². The van der Waals surface area contributed by atoms with Gasteiger partial charge in [0.2, 0.25) is 8.24 Å². The summed E-state index contributed by atoms with van der Waals surface area (Å²) in [6.45, 7) is 3.21. The van der Waals surface area contributed by atoms with Crippen molar-refractivity contribution < 1.29 is 14.3 Å². The zero-order valence-corrected chi connectivity index (χ0v) is 22.2. The predicted molar refractivity (Wildman–Crippen MR) is 128 cm³/mol. The Labute approximate surface area is 215 Å². The fourth-order valence-corrected chi connectivity index (χ4v) is 6.73. The summed E-state index contributed by atoms with van der Waals surface area (Å²) in [5, 5.41) is 0.257. The summed E-state index contributed by atoms with van der Waals surface area (Å²) in [4.78, 5) is 31.5. The molecule has 3 rings (SSSR count). The van der Waals surface area contributed by atoms with E-state index >= 15 is 0 Å². The van der Waals surface area contributed by atoms with E-state index in [1.165, 1.54) is 22.7 Å². The van der Waals surface area contributed by atoms with Gasteiger partial charge in [-0.1, -0.05) is 69.6 Å². The van der Waals surface area contributed by atoms with Gasteiger partial charge in [0, 0.05) is 15.3 Å². The van der Waals surface area contributed by atoms with Crippen LogP contribution in [0.4, 0.5) is 0 Å². The number of nitrogens with zero attached hydrogens (tertiary/aromatic N) is 2. The third-order valence-electron chi connectivity index (χ3n) is 4.48. The maximum atomic E-state index is 13.0. The van der Waals surface area contributed by atoms with Gasteiger partial charge in [0.05, 0.1) is 5.02 Å². The number of carbonyl (C=O) groups excluding carboxylic acids is 2. The van der Waals surface area contributed by atoms with E-state index in [9.17, 15) is 9.59 Å². The molecule has 13 heteroatoms. The van der Waals surface area contributed by atoms with E-state index in [0.29, 0.717) is 15.6 Å². The molecule has 1 aromatic rings. The van der Waals surface area contributed by atoms with Crippen LogP contribution in [-0.4, -0.2) is 53.0 Å². The normalized spacial score (nSPS) is 28.2. The van der Waals surface area contributed by atoms with E-state index in [1.54, 1.807) is 12.1 Å². The molecule has 0 bridgehead atoms. The molecule has 1 aromatic carbocycles. The van der Waals surface area contributed by atoms with Crippen molar-refractivity contribution in [2.45, 2.75) is 38.3 Å². The van der Waals surface area contributed by atoms with E-state index < -0.39 is 42.9 Å². The van der Waals surface area contributed by atoms with Crippen LogP contribution in [0.2, 0.25) is 10.0 Å². The van der Waals surface area contributed by atoms with Gasteiger partial charge in [-0.2, -0.15) is 0 Å². The number of fused-ring (bicyclic) bond motifs is 1. The second-order valence-electron chi connectivity index (χ2n) is 7.11. The lowest BCUT2D eigenvalue weighted by atomic mass is 9.96. The Hall–Kier alpha value is 0.400. The summed E-state index contributed by atoms with van der Waals surface area (Å²) in [6, 6.07) is 3.86. The molecule has 2 saturated heterocycles. The van der Waals surface area contributed by atoms with E-state index in [2.05, 4.69) is 20.9 Å². The maximum absolute atomic E-state index is 13.0. The fraction of sp³-hybridized carbons (Fsp3) is 0.471. The molecular weight excluding hydrogens is 605 g/mol. The zero-order valence-electron chi connectivity index (χ0n) is 15.3. The first-order chi connectivity index (χ1) is 13.7. The predicted octanol–water partition coefficient (Wildman–Crippen LogP) is 6.05. The molecule has 1 amide bonds. The molecule has 3 atom stereocenters. The summed E-state index contributed by atoms with van der Waals surface area (Å²) in [7, 11) is 0. The van der Waals surface area contributed by atoms with Gasteiger partial charge in [-0.3, -0.25) is 4.79 Å². The first-order valence-electron chi connectivity index (χ1n) is 8.31. The number of ether oxygens (including phenoxy) is 1. The van der Waals surface area contributed by atoms with Crippen molar-refractivity contribution in [2.75, 3.05) is 6.61 Å². The van der Waals surface area contributed by atoms with Gasteiger partial charge in [0.25, 0.3) is 5.91 Å². The van der Waals surface area contributed by atoms with E-state index in [1.807, 2.05) is 13.8 Å². The highest BCUT2D eigenvalue weighted by atomic mass is 79.9. The van der Waals surface area contributed by atoms with E-state index in [-0.39, 0.29) is 5.17 Å². The Bertz CT molecular complexity index is 941. The number of thioether (sulfide) groups is 1. The highest BCUT2D eigenvalue weighted by Gasteiger charge is 2.71. The third-order valence-corrected chi connectivity index (χ3v) is 8.52. The summed E-state index contributed by atoms with van der Waals surface area (Å²) in [6.07, 6.45) is 0. The lowest BCUT2D eigenvalue weighted by Gasteiger charge is -2.47. The van der Waals surface area contributed by atoms with Crippen LogP contribution in [0.25, 0.3) is 0 Å². The molecule has 0 N–H and O–H groups in total. The Balaban J connectivity index is 1.86. The van der Waals surface area contributed by atoms with Crippen LogP contribution in [0.15, 0.2) is 23.2 Å². The van der Waals surface area contributed by atoms with Crippen LogP contribution < -0.4 is 0 Å². The molecule has 0 aromatic heterocycles. The fourth-order valence-electron chi connectivity index (χ4n) is 3.18. The number of halogens is 7. The third kappa shape index (κ3) is 4.69. The number of esters is 1. The first-order valence-corrected chi connectivity index (χ1v) is 12.2. The largest absolute Gasteiger partial charge is 0.460 e. The Morgan fingerprint density at radius 1 is 1.33 bits per heavy atom. The number of aliphatic imine (C=N–C) groups is 1. The molecule has 2 fully saturated rings. The summed E-state index contributed by atoms with van der Waals surface area (Å²) in [5.74, 6) is -1.11. The van der Waals surface area contributed by atoms with Gasteiger partial charge in [-0.05, 0) is 48.0 Å². The molecule has 0 spiro atoms. The molecule has 30 heavy (non-hydrogen) atoms.